The van der Waals surface area contributed by atoms with Gasteiger partial charge in [0, 0.05) is 0 Å². The van der Waals surface area contributed by atoms with Crippen LogP contribution in [0.15, 0.2) is 43.3 Å². The van der Waals surface area contributed by atoms with E-state index in [0.29, 0.717) is 0 Å². The second-order valence-corrected chi connectivity index (χ2v) is 5.06. The molecule has 0 fully saturated rings. The molecule has 2 rings (SSSR count). The molecule has 0 radical (unpaired) electrons. The van der Waals surface area contributed by atoms with Crippen molar-refractivity contribution in [2.24, 2.45) is 0 Å². The van der Waals surface area contributed by atoms with Gasteiger partial charge in [0.05, 0.1) is 22.3 Å². The Morgan fingerprint density at radius 3 is 1.53 bits per heavy atom. The van der Waals surface area contributed by atoms with Crippen LogP contribution in [-0.4, -0.2) is 5.48 Å². The van der Waals surface area contributed by atoms with E-state index in [-0.39, 0.29) is 5.48 Å². The first kappa shape index (κ1) is 12.3. The van der Waals surface area contributed by atoms with E-state index < -0.39 is 0 Å². The van der Waals surface area contributed by atoms with Crippen LogP contribution >= 0.6 is 21.6 Å². The van der Waals surface area contributed by atoms with E-state index in [4.69, 9.17) is 8.83 Å². The summed E-state index contributed by atoms with van der Waals surface area (Å²) in [5, 5.41) is 0. The number of hydrogen-bond acceptors (Lipinski definition) is 4. The third kappa shape index (κ3) is 2.84. The van der Waals surface area contributed by atoms with Crippen molar-refractivity contribution < 1.29 is 14.3 Å². The van der Waals surface area contributed by atoms with Crippen molar-refractivity contribution in [3.05, 3.63) is 36.2 Å². The van der Waals surface area contributed by atoms with Crippen LogP contribution in [-0.2, 0) is 0 Å². The van der Waals surface area contributed by atoms with Crippen LogP contribution < -0.4 is 0 Å². The molecule has 5 heteroatoms. The molecule has 0 bridgehead atoms. The summed E-state index contributed by atoms with van der Waals surface area (Å²) in [6.07, 6.45) is 3.42. The van der Waals surface area contributed by atoms with Gasteiger partial charge in [-0.25, -0.2) is 0 Å². The maximum Gasteiger partial charge on any atom is 0.115 e. The third-order valence-electron chi connectivity index (χ3n) is 1.84. The molecule has 2 aromatic rings. The predicted molar refractivity (Wildman–Crippen MR) is 62.2 cm³/mol. The molecule has 2 heterocycles. The minimum atomic E-state index is 0. The minimum absolute atomic E-state index is 0. The Bertz CT molecular complexity index is 379. The van der Waals surface area contributed by atoms with Crippen molar-refractivity contribution in [2.75, 3.05) is 0 Å². The lowest BCUT2D eigenvalue weighted by Crippen LogP contribution is -1.68. The average Bonchev–Trinajstić information content (AvgIpc) is 2.72. The lowest BCUT2D eigenvalue weighted by molar-refractivity contribution is 0.526. The van der Waals surface area contributed by atoms with Crippen LogP contribution in [0, 0.1) is 13.8 Å². The molecule has 0 aliphatic heterocycles. The molecule has 0 aliphatic carbocycles. The molecule has 0 unspecified atom stereocenters. The molecule has 0 atom stereocenters. The Morgan fingerprint density at radius 2 is 1.27 bits per heavy atom. The van der Waals surface area contributed by atoms with Gasteiger partial charge >= 0.3 is 0 Å². The van der Waals surface area contributed by atoms with Crippen LogP contribution in [0.3, 0.4) is 0 Å². The van der Waals surface area contributed by atoms with Gasteiger partial charge in [-0.2, -0.15) is 0 Å². The standard InChI is InChI=1S/C10H10O2S2.H2O/c1-7-9(3-5-11-7)13-14-10-4-6-12-8(10)2;/h3-6H,1-2H3;1H2. The molecule has 0 saturated carbocycles. The van der Waals surface area contributed by atoms with Crippen LogP contribution in [0.2, 0.25) is 0 Å². The molecular formula is C10H12O3S2. The van der Waals surface area contributed by atoms with E-state index in [1.54, 1.807) is 34.1 Å². The summed E-state index contributed by atoms with van der Waals surface area (Å²) >= 11 is 0. The molecule has 3 nitrogen and oxygen atoms in total. The van der Waals surface area contributed by atoms with E-state index in [9.17, 15) is 0 Å². The highest BCUT2D eigenvalue weighted by Gasteiger charge is 2.06. The molecule has 0 saturated heterocycles. The van der Waals surface area contributed by atoms with E-state index in [0.717, 1.165) is 21.3 Å². The zero-order chi connectivity index (χ0) is 9.97. The largest absolute Gasteiger partial charge is 0.468 e. The highest BCUT2D eigenvalue weighted by molar-refractivity contribution is 8.76. The van der Waals surface area contributed by atoms with Crippen LogP contribution in [0.25, 0.3) is 0 Å². The van der Waals surface area contributed by atoms with Crippen molar-refractivity contribution in [1.29, 1.82) is 0 Å². The minimum Gasteiger partial charge on any atom is -0.468 e. The molecule has 0 aromatic carbocycles. The van der Waals surface area contributed by atoms with Crippen LogP contribution in [0.5, 0.6) is 0 Å². The molecular weight excluding hydrogens is 232 g/mol. The first-order chi connectivity index (χ1) is 6.77. The fourth-order valence-electron chi connectivity index (χ4n) is 1.01. The van der Waals surface area contributed by atoms with E-state index in [1.165, 1.54) is 0 Å². The van der Waals surface area contributed by atoms with Crippen LogP contribution in [0.1, 0.15) is 11.5 Å². The quantitative estimate of drug-likeness (QED) is 0.776. The zero-order valence-corrected chi connectivity index (χ0v) is 10.1. The van der Waals surface area contributed by atoms with Gasteiger partial charge in [-0.1, -0.05) is 0 Å². The molecule has 2 N–H and O–H groups in total. The summed E-state index contributed by atoms with van der Waals surface area (Å²) < 4.78 is 10.4. The molecule has 0 spiro atoms. The van der Waals surface area contributed by atoms with E-state index in [2.05, 4.69) is 0 Å². The van der Waals surface area contributed by atoms with Crippen molar-refractivity contribution in [3.8, 4) is 0 Å². The Balaban J connectivity index is 0.00000112. The first-order valence-electron chi connectivity index (χ1n) is 4.20. The Morgan fingerprint density at radius 1 is 0.867 bits per heavy atom. The van der Waals surface area contributed by atoms with Crippen molar-refractivity contribution in [3.63, 3.8) is 0 Å². The number of hydrogen-bond donors (Lipinski definition) is 0. The molecule has 2 aromatic heterocycles. The summed E-state index contributed by atoms with van der Waals surface area (Å²) in [6, 6.07) is 3.95. The highest BCUT2D eigenvalue weighted by atomic mass is 33.1. The van der Waals surface area contributed by atoms with Gasteiger partial charge in [0.25, 0.3) is 0 Å². The number of rotatable bonds is 3. The monoisotopic (exact) mass is 244 g/mol. The maximum atomic E-state index is 5.21. The lowest BCUT2D eigenvalue weighted by Gasteiger charge is -1.96. The molecule has 0 amide bonds. The van der Waals surface area contributed by atoms with Crippen molar-refractivity contribution >= 4 is 21.6 Å². The molecule has 82 valence electrons. The fourth-order valence-corrected chi connectivity index (χ4v) is 3.32. The SMILES string of the molecule is Cc1occc1SSc1ccoc1C.O. The van der Waals surface area contributed by atoms with Crippen molar-refractivity contribution in [2.45, 2.75) is 23.6 Å². The number of aryl methyl sites for hydroxylation is 2. The second kappa shape index (κ2) is 5.34. The van der Waals surface area contributed by atoms with Gasteiger partial charge < -0.3 is 14.3 Å². The van der Waals surface area contributed by atoms with Gasteiger partial charge in [-0.05, 0) is 47.6 Å². The van der Waals surface area contributed by atoms with Crippen LogP contribution in [0.4, 0.5) is 0 Å². The van der Waals surface area contributed by atoms with Crippen molar-refractivity contribution in [1.82, 2.24) is 0 Å². The van der Waals surface area contributed by atoms with E-state index in [1.807, 2.05) is 26.0 Å². The van der Waals surface area contributed by atoms with E-state index >= 15 is 0 Å². The Hall–Kier alpha value is -0.780. The predicted octanol–water partition coefficient (Wildman–Crippen LogP) is 3.46. The average molecular weight is 244 g/mol. The van der Waals surface area contributed by atoms with Gasteiger partial charge in [0.1, 0.15) is 11.5 Å². The molecule has 0 aliphatic rings. The smallest absolute Gasteiger partial charge is 0.115 e. The summed E-state index contributed by atoms with van der Waals surface area (Å²) in [5.74, 6) is 1.92. The van der Waals surface area contributed by atoms with Gasteiger partial charge in [0.2, 0.25) is 0 Å². The third-order valence-corrected chi connectivity index (χ3v) is 4.46. The van der Waals surface area contributed by atoms with Gasteiger partial charge in [0.15, 0.2) is 0 Å². The first-order valence-corrected chi connectivity index (χ1v) is 6.35. The maximum absolute atomic E-state index is 5.21. The Kier molecular flexibility index (Phi) is 4.38. The zero-order valence-electron chi connectivity index (χ0n) is 8.44. The summed E-state index contributed by atoms with van der Waals surface area (Å²) in [6.45, 7) is 3.93. The number of furan rings is 2. The molecule has 15 heavy (non-hydrogen) atoms. The van der Waals surface area contributed by atoms with Gasteiger partial charge in [-0.3, -0.25) is 0 Å². The summed E-state index contributed by atoms with van der Waals surface area (Å²) in [4.78, 5) is 2.33. The summed E-state index contributed by atoms with van der Waals surface area (Å²) in [5.41, 5.74) is 0. The fraction of sp³-hybridized carbons (Fsp3) is 0.200. The topological polar surface area (TPSA) is 57.8 Å². The lowest BCUT2D eigenvalue weighted by atomic mass is 10.5. The Labute approximate surface area is 95.9 Å². The second-order valence-electron chi connectivity index (χ2n) is 2.85. The normalized spacial score (nSPS) is 10.0. The highest BCUT2D eigenvalue weighted by Crippen LogP contribution is 2.40. The van der Waals surface area contributed by atoms with Gasteiger partial charge in [-0.15, -0.1) is 0 Å². The summed E-state index contributed by atoms with van der Waals surface area (Å²) in [7, 11) is 3.38.